The zero-order valence-electron chi connectivity index (χ0n) is 11.0. The first-order valence-electron chi connectivity index (χ1n) is 6.77. The molecule has 0 spiro atoms. The zero-order valence-corrected chi connectivity index (χ0v) is 12.6. The molecule has 1 aliphatic rings. The standard InChI is InChI=1S/C16H18BrNO/c1-11(16-3-2-8-19-16)18-15-9-13(10-15)12-4-6-14(17)7-5-12/h2-8,11,13,15,18H,9-10H2,1H3/t11-,13?,15?/m0/s1. The van der Waals surface area contributed by atoms with Crippen LogP contribution in [0, 0.1) is 0 Å². The molecule has 100 valence electrons. The summed E-state index contributed by atoms with van der Waals surface area (Å²) in [6, 6.07) is 13.6. The molecule has 0 radical (unpaired) electrons. The summed E-state index contributed by atoms with van der Waals surface area (Å²) in [5.74, 6) is 1.72. The number of furan rings is 1. The molecule has 0 bridgehead atoms. The van der Waals surface area contributed by atoms with E-state index in [2.05, 4.69) is 52.4 Å². The monoisotopic (exact) mass is 319 g/mol. The smallest absolute Gasteiger partial charge is 0.120 e. The molecule has 2 nitrogen and oxygen atoms in total. The molecule has 0 aliphatic heterocycles. The van der Waals surface area contributed by atoms with Gasteiger partial charge in [0.05, 0.1) is 12.3 Å². The molecule has 1 aliphatic carbocycles. The molecule has 1 aromatic carbocycles. The molecule has 3 heteroatoms. The van der Waals surface area contributed by atoms with Crippen LogP contribution >= 0.6 is 15.9 Å². The molecular formula is C16H18BrNO. The first-order valence-corrected chi connectivity index (χ1v) is 7.56. The van der Waals surface area contributed by atoms with Crippen LogP contribution in [0.1, 0.15) is 43.0 Å². The molecule has 19 heavy (non-hydrogen) atoms. The fourth-order valence-corrected chi connectivity index (χ4v) is 3.00. The highest BCUT2D eigenvalue weighted by molar-refractivity contribution is 9.10. The van der Waals surface area contributed by atoms with E-state index in [9.17, 15) is 0 Å². The molecule has 3 rings (SSSR count). The number of rotatable bonds is 4. The van der Waals surface area contributed by atoms with Crippen molar-refractivity contribution in [2.24, 2.45) is 0 Å². The number of benzene rings is 1. The van der Waals surface area contributed by atoms with Gasteiger partial charge in [-0.05, 0) is 55.5 Å². The molecule has 1 N–H and O–H groups in total. The highest BCUT2D eigenvalue weighted by atomic mass is 79.9. The van der Waals surface area contributed by atoms with Gasteiger partial charge in [0.15, 0.2) is 0 Å². The summed E-state index contributed by atoms with van der Waals surface area (Å²) >= 11 is 3.48. The summed E-state index contributed by atoms with van der Waals surface area (Å²) in [7, 11) is 0. The third-order valence-corrected chi connectivity index (χ3v) is 4.46. The van der Waals surface area contributed by atoms with Crippen LogP contribution in [-0.4, -0.2) is 6.04 Å². The molecule has 2 aromatic rings. The van der Waals surface area contributed by atoms with E-state index in [0.29, 0.717) is 18.0 Å². The van der Waals surface area contributed by atoms with Gasteiger partial charge in [-0.25, -0.2) is 0 Å². The molecule has 1 atom stereocenters. The quantitative estimate of drug-likeness (QED) is 0.888. The third-order valence-electron chi connectivity index (χ3n) is 3.94. The van der Waals surface area contributed by atoms with Crippen molar-refractivity contribution in [1.29, 1.82) is 0 Å². The normalized spacial score (nSPS) is 23.9. The largest absolute Gasteiger partial charge is 0.468 e. The van der Waals surface area contributed by atoms with Gasteiger partial charge in [0.1, 0.15) is 5.76 Å². The van der Waals surface area contributed by atoms with E-state index < -0.39 is 0 Å². The van der Waals surface area contributed by atoms with E-state index >= 15 is 0 Å². The molecule has 1 saturated carbocycles. The SMILES string of the molecule is C[C@H](NC1CC(c2ccc(Br)cc2)C1)c1ccco1. The van der Waals surface area contributed by atoms with Crippen LogP contribution in [0.5, 0.6) is 0 Å². The van der Waals surface area contributed by atoms with Gasteiger partial charge in [-0.15, -0.1) is 0 Å². The highest BCUT2D eigenvalue weighted by Crippen LogP contribution is 2.38. The Morgan fingerprint density at radius 3 is 2.58 bits per heavy atom. The molecule has 0 unspecified atom stereocenters. The Morgan fingerprint density at radius 1 is 1.21 bits per heavy atom. The Labute approximate surface area is 122 Å². The van der Waals surface area contributed by atoms with Crippen LogP contribution < -0.4 is 5.32 Å². The van der Waals surface area contributed by atoms with Gasteiger partial charge in [-0.3, -0.25) is 0 Å². The first kappa shape index (κ1) is 12.9. The number of hydrogen-bond acceptors (Lipinski definition) is 2. The summed E-state index contributed by atoms with van der Waals surface area (Å²) in [5.41, 5.74) is 1.45. The molecular weight excluding hydrogens is 302 g/mol. The number of hydrogen-bond donors (Lipinski definition) is 1. The average molecular weight is 320 g/mol. The summed E-state index contributed by atoms with van der Waals surface area (Å²) in [6.07, 6.45) is 4.16. The van der Waals surface area contributed by atoms with Crippen LogP contribution in [0.4, 0.5) is 0 Å². The van der Waals surface area contributed by atoms with Crippen molar-refractivity contribution in [3.8, 4) is 0 Å². The van der Waals surface area contributed by atoms with Crippen LogP contribution in [0.3, 0.4) is 0 Å². The maximum atomic E-state index is 5.42. The predicted octanol–water partition coefficient (Wildman–Crippen LogP) is 4.64. The summed E-state index contributed by atoms with van der Waals surface area (Å²) < 4.78 is 6.57. The second-order valence-electron chi connectivity index (χ2n) is 5.32. The van der Waals surface area contributed by atoms with E-state index in [-0.39, 0.29) is 0 Å². The van der Waals surface area contributed by atoms with Crippen molar-refractivity contribution in [3.05, 3.63) is 58.5 Å². The van der Waals surface area contributed by atoms with Crippen molar-refractivity contribution < 1.29 is 4.42 Å². The predicted molar refractivity (Wildman–Crippen MR) is 80.2 cm³/mol. The lowest BCUT2D eigenvalue weighted by atomic mass is 9.75. The third kappa shape index (κ3) is 2.93. The molecule has 1 aromatic heterocycles. The second kappa shape index (κ2) is 5.51. The number of nitrogens with one attached hydrogen (secondary N) is 1. The van der Waals surface area contributed by atoms with Gasteiger partial charge >= 0.3 is 0 Å². The minimum Gasteiger partial charge on any atom is -0.468 e. The van der Waals surface area contributed by atoms with Gasteiger partial charge < -0.3 is 9.73 Å². The van der Waals surface area contributed by atoms with Crippen LogP contribution in [-0.2, 0) is 0 Å². The van der Waals surface area contributed by atoms with Crippen molar-refractivity contribution in [1.82, 2.24) is 5.32 Å². The second-order valence-corrected chi connectivity index (χ2v) is 6.24. The summed E-state index contributed by atoms with van der Waals surface area (Å²) in [4.78, 5) is 0. The lowest BCUT2D eigenvalue weighted by Gasteiger charge is -2.37. The van der Waals surface area contributed by atoms with Crippen LogP contribution in [0.2, 0.25) is 0 Å². The van der Waals surface area contributed by atoms with E-state index in [0.717, 1.165) is 10.2 Å². The van der Waals surface area contributed by atoms with Gasteiger partial charge in [-0.2, -0.15) is 0 Å². The van der Waals surface area contributed by atoms with Gasteiger partial charge in [0.2, 0.25) is 0 Å². The van der Waals surface area contributed by atoms with E-state index in [1.54, 1.807) is 6.26 Å². The van der Waals surface area contributed by atoms with Crippen LogP contribution in [0.25, 0.3) is 0 Å². The molecule has 1 heterocycles. The Balaban J connectivity index is 1.51. The molecule has 1 fully saturated rings. The Hall–Kier alpha value is -1.06. The lowest BCUT2D eigenvalue weighted by molar-refractivity contribution is 0.258. The minimum atomic E-state index is 0.297. The van der Waals surface area contributed by atoms with Crippen molar-refractivity contribution >= 4 is 15.9 Å². The Morgan fingerprint density at radius 2 is 1.95 bits per heavy atom. The van der Waals surface area contributed by atoms with Crippen molar-refractivity contribution in [2.45, 2.75) is 37.8 Å². The topological polar surface area (TPSA) is 25.2 Å². The Bertz CT molecular complexity index is 514. The van der Waals surface area contributed by atoms with E-state index in [1.165, 1.54) is 18.4 Å². The maximum Gasteiger partial charge on any atom is 0.120 e. The minimum absolute atomic E-state index is 0.297. The molecule has 0 amide bonds. The summed E-state index contributed by atoms with van der Waals surface area (Å²) in [6.45, 7) is 2.16. The first-order chi connectivity index (χ1) is 9.22. The lowest BCUT2D eigenvalue weighted by Crippen LogP contribution is -2.41. The van der Waals surface area contributed by atoms with E-state index in [4.69, 9.17) is 4.42 Å². The average Bonchev–Trinajstić information content (AvgIpc) is 2.88. The van der Waals surface area contributed by atoms with Crippen molar-refractivity contribution in [3.63, 3.8) is 0 Å². The Kier molecular flexibility index (Phi) is 3.76. The summed E-state index contributed by atoms with van der Waals surface area (Å²) in [5, 5.41) is 3.63. The fraction of sp³-hybridized carbons (Fsp3) is 0.375. The van der Waals surface area contributed by atoms with Crippen LogP contribution in [0.15, 0.2) is 51.6 Å². The number of halogens is 1. The van der Waals surface area contributed by atoms with Gasteiger partial charge in [0.25, 0.3) is 0 Å². The maximum absolute atomic E-state index is 5.42. The van der Waals surface area contributed by atoms with Crippen molar-refractivity contribution in [2.75, 3.05) is 0 Å². The zero-order chi connectivity index (χ0) is 13.2. The van der Waals surface area contributed by atoms with Gasteiger partial charge in [-0.1, -0.05) is 28.1 Å². The van der Waals surface area contributed by atoms with Gasteiger partial charge in [0, 0.05) is 10.5 Å². The molecule has 0 saturated heterocycles. The fourth-order valence-electron chi connectivity index (χ4n) is 2.73. The highest BCUT2D eigenvalue weighted by Gasteiger charge is 2.31. The van der Waals surface area contributed by atoms with E-state index in [1.807, 2.05) is 12.1 Å².